The molecule has 0 saturated carbocycles. The van der Waals surface area contributed by atoms with Crippen molar-refractivity contribution in [3.8, 4) is 0 Å². The molecule has 0 aliphatic carbocycles. The van der Waals surface area contributed by atoms with E-state index in [1.807, 2.05) is 0 Å². The van der Waals surface area contributed by atoms with Gasteiger partial charge in [0.2, 0.25) is 0 Å². The van der Waals surface area contributed by atoms with Crippen molar-refractivity contribution in [1.82, 2.24) is 0 Å². The van der Waals surface area contributed by atoms with E-state index >= 15 is 0 Å². The van der Waals surface area contributed by atoms with Crippen LogP contribution in [-0.2, 0) is 0 Å². The van der Waals surface area contributed by atoms with Crippen LogP contribution >= 0.6 is 15.9 Å². The van der Waals surface area contributed by atoms with Gasteiger partial charge in [-0.05, 0) is 22.0 Å². The second-order valence-electron chi connectivity index (χ2n) is 2.96. The van der Waals surface area contributed by atoms with E-state index < -0.39 is 24.3 Å². The minimum Gasteiger partial charge on any atom is -0.394 e. The fourth-order valence-corrected chi connectivity index (χ4v) is 1.29. The summed E-state index contributed by atoms with van der Waals surface area (Å²) in [5.74, 6) is -1.44. The molecule has 1 aromatic carbocycles. The molecule has 3 N–H and O–H groups in total. The van der Waals surface area contributed by atoms with E-state index in [1.165, 1.54) is 6.07 Å². The Bertz CT molecular complexity index is 349. The van der Waals surface area contributed by atoms with Crippen LogP contribution in [0.1, 0.15) is 0 Å². The summed E-state index contributed by atoms with van der Waals surface area (Å²) in [6.07, 6.45) is -0.978. The number of aliphatic hydroxyl groups is 2. The SMILES string of the molecule is OCC(O)CNc1cc(Br)c(F)cc1F. The van der Waals surface area contributed by atoms with Crippen molar-refractivity contribution in [2.45, 2.75) is 6.10 Å². The number of aliphatic hydroxyl groups excluding tert-OH is 2. The molecule has 0 saturated heterocycles. The normalized spacial score (nSPS) is 12.6. The Morgan fingerprint density at radius 1 is 1.33 bits per heavy atom. The molecule has 1 unspecified atom stereocenters. The van der Waals surface area contributed by atoms with Crippen molar-refractivity contribution in [3.63, 3.8) is 0 Å². The zero-order valence-electron chi connectivity index (χ0n) is 7.67. The second kappa shape index (κ2) is 5.39. The van der Waals surface area contributed by atoms with E-state index in [9.17, 15) is 8.78 Å². The van der Waals surface area contributed by atoms with E-state index in [-0.39, 0.29) is 16.7 Å². The Balaban J connectivity index is 2.73. The molecule has 0 bridgehead atoms. The predicted octanol–water partition coefficient (Wildman–Crippen LogP) is 1.49. The van der Waals surface area contributed by atoms with Gasteiger partial charge < -0.3 is 15.5 Å². The molecule has 1 rings (SSSR count). The highest BCUT2D eigenvalue weighted by Crippen LogP contribution is 2.23. The maximum atomic E-state index is 13.1. The third-order valence-electron chi connectivity index (χ3n) is 1.75. The van der Waals surface area contributed by atoms with Gasteiger partial charge in [-0.15, -0.1) is 0 Å². The first-order chi connectivity index (χ1) is 7.04. The molecule has 0 heterocycles. The van der Waals surface area contributed by atoms with Gasteiger partial charge in [-0.3, -0.25) is 0 Å². The summed E-state index contributed by atoms with van der Waals surface area (Å²) in [5.41, 5.74) is 0.0655. The van der Waals surface area contributed by atoms with Crippen LogP contribution in [0.5, 0.6) is 0 Å². The summed E-state index contributed by atoms with van der Waals surface area (Å²) in [7, 11) is 0. The summed E-state index contributed by atoms with van der Waals surface area (Å²) in [4.78, 5) is 0. The fraction of sp³-hybridized carbons (Fsp3) is 0.333. The summed E-state index contributed by atoms with van der Waals surface area (Å²) >= 11 is 2.91. The van der Waals surface area contributed by atoms with Gasteiger partial charge in [0.1, 0.15) is 11.6 Å². The van der Waals surface area contributed by atoms with Gasteiger partial charge in [0.05, 0.1) is 22.9 Å². The van der Waals surface area contributed by atoms with E-state index in [0.717, 1.165) is 6.07 Å². The van der Waals surface area contributed by atoms with Crippen LogP contribution in [0.25, 0.3) is 0 Å². The van der Waals surface area contributed by atoms with Crippen molar-refractivity contribution in [2.24, 2.45) is 0 Å². The smallest absolute Gasteiger partial charge is 0.149 e. The second-order valence-corrected chi connectivity index (χ2v) is 3.82. The maximum absolute atomic E-state index is 13.1. The predicted molar refractivity (Wildman–Crippen MR) is 55.6 cm³/mol. The molecule has 1 atom stereocenters. The van der Waals surface area contributed by atoms with Gasteiger partial charge in [-0.2, -0.15) is 0 Å². The number of nitrogens with one attached hydrogen (secondary N) is 1. The largest absolute Gasteiger partial charge is 0.394 e. The van der Waals surface area contributed by atoms with Gasteiger partial charge in [0.15, 0.2) is 0 Å². The molecule has 0 aliphatic rings. The average Bonchev–Trinajstić information content (AvgIpc) is 2.21. The number of hydrogen-bond acceptors (Lipinski definition) is 3. The molecule has 0 aromatic heterocycles. The average molecular weight is 282 g/mol. The highest BCUT2D eigenvalue weighted by Gasteiger charge is 2.09. The molecule has 3 nitrogen and oxygen atoms in total. The fourth-order valence-electron chi connectivity index (χ4n) is 0.950. The number of rotatable bonds is 4. The minimum atomic E-state index is -0.978. The molecule has 1 aromatic rings. The molecule has 84 valence electrons. The molecule has 0 radical (unpaired) electrons. The molecule has 0 spiro atoms. The van der Waals surface area contributed by atoms with Crippen molar-refractivity contribution >= 4 is 21.6 Å². The minimum absolute atomic E-state index is 0.00844. The molecule has 15 heavy (non-hydrogen) atoms. The lowest BCUT2D eigenvalue weighted by Gasteiger charge is -2.11. The van der Waals surface area contributed by atoms with Crippen LogP contribution in [0.2, 0.25) is 0 Å². The van der Waals surface area contributed by atoms with Crippen LogP contribution < -0.4 is 5.32 Å². The van der Waals surface area contributed by atoms with Gasteiger partial charge in [0.25, 0.3) is 0 Å². The Morgan fingerprint density at radius 3 is 2.60 bits per heavy atom. The highest BCUT2D eigenvalue weighted by atomic mass is 79.9. The van der Waals surface area contributed by atoms with Gasteiger partial charge in [-0.1, -0.05) is 0 Å². The highest BCUT2D eigenvalue weighted by molar-refractivity contribution is 9.10. The van der Waals surface area contributed by atoms with Crippen LogP contribution in [-0.4, -0.2) is 29.5 Å². The monoisotopic (exact) mass is 281 g/mol. The van der Waals surface area contributed by atoms with Crippen LogP contribution in [0, 0.1) is 11.6 Å². The van der Waals surface area contributed by atoms with Crippen LogP contribution in [0.15, 0.2) is 16.6 Å². The van der Waals surface area contributed by atoms with Gasteiger partial charge in [0, 0.05) is 12.6 Å². The van der Waals surface area contributed by atoms with Crippen molar-refractivity contribution in [1.29, 1.82) is 0 Å². The van der Waals surface area contributed by atoms with E-state index in [4.69, 9.17) is 10.2 Å². The van der Waals surface area contributed by atoms with Crippen molar-refractivity contribution in [3.05, 3.63) is 28.2 Å². The number of benzene rings is 1. The van der Waals surface area contributed by atoms with E-state index in [0.29, 0.717) is 0 Å². The van der Waals surface area contributed by atoms with E-state index in [1.54, 1.807) is 0 Å². The lowest BCUT2D eigenvalue weighted by atomic mass is 10.3. The van der Waals surface area contributed by atoms with Crippen molar-refractivity contribution < 1.29 is 19.0 Å². The number of hydrogen-bond donors (Lipinski definition) is 3. The molecule has 0 fully saturated rings. The zero-order chi connectivity index (χ0) is 11.4. The maximum Gasteiger partial charge on any atom is 0.149 e. The Kier molecular flexibility index (Phi) is 4.44. The molecule has 0 amide bonds. The molecular formula is C9H10BrF2NO2. The molecule has 0 aliphatic heterocycles. The first kappa shape index (κ1) is 12.4. The summed E-state index contributed by atoms with van der Waals surface area (Å²) in [6, 6.07) is 1.96. The van der Waals surface area contributed by atoms with Crippen LogP contribution in [0.3, 0.4) is 0 Å². The quantitative estimate of drug-likeness (QED) is 0.733. The lowest BCUT2D eigenvalue weighted by Crippen LogP contribution is -2.23. The standard InChI is InChI=1S/C9H10BrF2NO2/c10-6-1-9(8(12)2-7(6)11)13-3-5(15)4-14/h1-2,5,13-15H,3-4H2. The van der Waals surface area contributed by atoms with Gasteiger partial charge >= 0.3 is 0 Å². The molecular weight excluding hydrogens is 272 g/mol. The zero-order valence-corrected chi connectivity index (χ0v) is 9.26. The Hall–Kier alpha value is -0.720. The first-order valence-corrected chi connectivity index (χ1v) is 5.01. The summed E-state index contributed by atoms with van der Waals surface area (Å²) in [6.45, 7) is -0.428. The third-order valence-corrected chi connectivity index (χ3v) is 2.36. The van der Waals surface area contributed by atoms with Crippen LogP contribution in [0.4, 0.5) is 14.5 Å². The molecule has 6 heteroatoms. The summed E-state index contributed by atoms with van der Waals surface area (Å²) < 4.78 is 26.1. The Morgan fingerprint density at radius 2 is 2.00 bits per heavy atom. The third kappa shape index (κ3) is 3.40. The first-order valence-electron chi connectivity index (χ1n) is 4.22. The van der Waals surface area contributed by atoms with E-state index in [2.05, 4.69) is 21.2 Å². The van der Waals surface area contributed by atoms with Crippen molar-refractivity contribution in [2.75, 3.05) is 18.5 Å². The number of halogens is 3. The topological polar surface area (TPSA) is 52.5 Å². The summed E-state index contributed by atoms with van der Waals surface area (Å²) in [5, 5.41) is 20.1. The lowest BCUT2D eigenvalue weighted by molar-refractivity contribution is 0.105. The van der Waals surface area contributed by atoms with Gasteiger partial charge in [-0.25, -0.2) is 8.78 Å². The number of anilines is 1. The Labute approximate surface area is 93.9 Å².